The van der Waals surface area contributed by atoms with E-state index in [1.165, 1.54) is 0 Å². The molecule has 0 unspecified atom stereocenters. The lowest BCUT2D eigenvalue weighted by atomic mass is 10.1. The fourth-order valence-corrected chi connectivity index (χ4v) is 0.992. The van der Waals surface area contributed by atoms with Gasteiger partial charge in [-0.05, 0) is 12.5 Å². The van der Waals surface area contributed by atoms with Gasteiger partial charge in [-0.2, -0.15) is 0 Å². The molecule has 0 saturated carbocycles. The number of hydrogen-bond acceptors (Lipinski definition) is 2. The highest BCUT2D eigenvalue weighted by molar-refractivity contribution is 5.40. The second-order valence-electron chi connectivity index (χ2n) is 2.37. The summed E-state index contributed by atoms with van der Waals surface area (Å²) < 4.78 is 5.00. The molecular formula is C10H11NO. The summed E-state index contributed by atoms with van der Waals surface area (Å²) in [4.78, 5) is 4.17. The fourth-order valence-electron chi connectivity index (χ4n) is 0.992. The third-order valence-corrected chi connectivity index (χ3v) is 1.67. The van der Waals surface area contributed by atoms with E-state index in [-0.39, 0.29) is 0 Å². The van der Waals surface area contributed by atoms with Crippen LogP contribution in [0.2, 0.25) is 0 Å². The molecule has 0 saturated heterocycles. The summed E-state index contributed by atoms with van der Waals surface area (Å²) >= 11 is 0. The van der Waals surface area contributed by atoms with Gasteiger partial charge in [-0.15, -0.1) is 6.42 Å². The Bertz CT molecular complexity index is 312. The van der Waals surface area contributed by atoms with Crippen molar-refractivity contribution in [1.82, 2.24) is 4.98 Å². The number of rotatable bonds is 2. The summed E-state index contributed by atoms with van der Waals surface area (Å²) in [6.07, 6.45) is 7.84. The van der Waals surface area contributed by atoms with Crippen molar-refractivity contribution in [3.63, 3.8) is 0 Å². The molecule has 0 N–H and O–H groups in total. The Labute approximate surface area is 72.6 Å². The SMILES string of the molecule is C#Cc1cc(OC)cnc1CC. The van der Waals surface area contributed by atoms with Crippen LogP contribution in [0.4, 0.5) is 0 Å². The van der Waals surface area contributed by atoms with Crippen molar-refractivity contribution in [2.45, 2.75) is 13.3 Å². The summed E-state index contributed by atoms with van der Waals surface area (Å²) in [5, 5.41) is 0. The summed E-state index contributed by atoms with van der Waals surface area (Å²) in [7, 11) is 1.60. The first kappa shape index (κ1) is 8.61. The second kappa shape index (κ2) is 3.77. The topological polar surface area (TPSA) is 22.1 Å². The van der Waals surface area contributed by atoms with Crippen LogP contribution in [0.1, 0.15) is 18.2 Å². The quantitative estimate of drug-likeness (QED) is 0.615. The predicted octanol–water partition coefficient (Wildman–Crippen LogP) is 1.63. The lowest BCUT2D eigenvalue weighted by Gasteiger charge is -2.03. The second-order valence-corrected chi connectivity index (χ2v) is 2.37. The number of hydrogen-bond donors (Lipinski definition) is 0. The van der Waals surface area contributed by atoms with Crippen LogP contribution < -0.4 is 4.74 Å². The zero-order valence-electron chi connectivity index (χ0n) is 7.29. The summed E-state index contributed by atoms with van der Waals surface area (Å²) in [6, 6.07) is 1.83. The number of methoxy groups -OCH3 is 1. The summed E-state index contributed by atoms with van der Waals surface area (Å²) in [5.41, 5.74) is 1.76. The molecule has 0 amide bonds. The Hall–Kier alpha value is -1.49. The van der Waals surface area contributed by atoms with Gasteiger partial charge in [0, 0.05) is 5.56 Å². The molecule has 62 valence electrons. The molecule has 0 aliphatic heterocycles. The van der Waals surface area contributed by atoms with Crippen LogP contribution in [0.25, 0.3) is 0 Å². The third-order valence-electron chi connectivity index (χ3n) is 1.67. The lowest BCUT2D eigenvalue weighted by molar-refractivity contribution is 0.412. The van der Waals surface area contributed by atoms with Gasteiger partial charge in [-0.3, -0.25) is 4.98 Å². The maximum Gasteiger partial charge on any atom is 0.138 e. The molecule has 1 aromatic heterocycles. The molecule has 1 rings (SSSR count). The number of ether oxygens (including phenoxy) is 1. The van der Waals surface area contributed by atoms with Crippen LogP contribution in [0.5, 0.6) is 5.75 Å². The van der Waals surface area contributed by atoms with Crippen LogP contribution in [0, 0.1) is 12.3 Å². The number of terminal acetylenes is 1. The molecule has 0 fully saturated rings. The van der Waals surface area contributed by atoms with E-state index in [1.807, 2.05) is 13.0 Å². The van der Waals surface area contributed by atoms with Crippen LogP contribution in [-0.2, 0) is 6.42 Å². The Morgan fingerprint density at radius 1 is 1.67 bits per heavy atom. The predicted molar refractivity (Wildman–Crippen MR) is 48.1 cm³/mol. The number of aryl methyl sites for hydroxylation is 1. The van der Waals surface area contributed by atoms with E-state index in [1.54, 1.807) is 13.3 Å². The minimum absolute atomic E-state index is 0.708. The highest BCUT2D eigenvalue weighted by Gasteiger charge is 2.00. The molecule has 0 aromatic carbocycles. The molecule has 0 spiro atoms. The molecule has 0 bridgehead atoms. The van der Waals surface area contributed by atoms with Gasteiger partial charge >= 0.3 is 0 Å². The van der Waals surface area contributed by atoms with E-state index in [0.717, 1.165) is 17.7 Å². The molecule has 2 nitrogen and oxygen atoms in total. The molecule has 0 aliphatic carbocycles. The van der Waals surface area contributed by atoms with E-state index in [4.69, 9.17) is 11.2 Å². The molecule has 0 aliphatic rings. The van der Waals surface area contributed by atoms with E-state index >= 15 is 0 Å². The first-order valence-corrected chi connectivity index (χ1v) is 3.81. The first-order chi connectivity index (χ1) is 5.81. The molecule has 2 heteroatoms. The molecule has 0 radical (unpaired) electrons. The lowest BCUT2D eigenvalue weighted by Crippen LogP contribution is -1.94. The zero-order valence-corrected chi connectivity index (χ0v) is 7.29. The maximum absolute atomic E-state index is 5.30. The Kier molecular flexibility index (Phi) is 2.71. The highest BCUT2D eigenvalue weighted by Crippen LogP contribution is 2.13. The first-order valence-electron chi connectivity index (χ1n) is 3.81. The Morgan fingerprint density at radius 3 is 2.92 bits per heavy atom. The normalized spacial score (nSPS) is 9.08. The van der Waals surface area contributed by atoms with Gasteiger partial charge in [-0.25, -0.2) is 0 Å². The Balaban J connectivity index is 3.13. The number of aromatic nitrogens is 1. The van der Waals surface area contributed by atoms with Gasteiger partial charge < -0.3 is 4.74 Å². The van der Waals surface area contributed by atoms with Gasteiger partial charge in [-0.1, -0.05) is 12.8 Å². The van der Waals surface area contributed by atoms with Gasteiger partial charge in [0.1, 0.15) is 5.75 Å². The zero-order chi connectivity index (χ0) is 8.97. The van der Waals surface area contributed by atoms with Crippen molar-refractivity contribution in [2.24, 2.45) is 0 Å². The van der Waals surface area contributed by atoms with Crippen molar-refractivity contribution in [1.29, 1.82) is 0 Å². The van der Waals surface area contributed by atoms with Gasteiger partial charge in [0.25, 0.3) is 0 Å². The van der Waals surface area contributed by atoms with Crippen molar-refractivity contribution in [3.05, 3.63) is 23.5 Å². The summed E-state index contributed by atoms with van der Waals surface area (Å²) in [5.74, 6) is 3.29. The molecule has 1 heterocycles. The molecule has 1 aromatic rings. The van der Waals surface area contributed by atoms with E-state index < -0.39 is 0 Å². The molecular weight excluding hydrogens is 150 g/mol. The van der Waals surface area contributed by atoms with Gasteiger partial charge in [0.05, 0.1) is 19.0 Å². The van der Waals surface area contributed by atoms with Crippen LogP contribution in [-0.4, -0.2) is 12.1 Å². The summed E-state index contributed by atoms with van der Waals surface area (Å²) in [6.45, 7) is 2.02. The smallest absolute Gasteiger partial charge is 0.138 e. The maximum atomic E-state index is 5.30. The largest absolute Gasteiger partial charge is 0.495 e. The monoisotopic (exact) mass is 161 g/mol. The minimum atomic E-state index is 0.708. The van der Waals surface area contributed by atoms with Crippen LogP contribution in [0.3, 0.4) is 0 Å². The molecule has 12 heavy (non-hydrogen) atoms. The van der Waals surface area contributed by atoms with Crippen molar-refractivity contribution >= 4 is 0 Å². The van der Waals surface area contributed by atoms with E-state index in [2.05, 4.69) is 10.9 Å². The van der Waals surface area contributed by atoms with Crippen molar-refractivity contribution < 1.29 is 4.74 Å². The van der Waals surface area contributed by atoms with Gasteiger partial charge in [0.15, 0.2) is 0 Å². The van der Waals surface area contributed by atoms with E-state index in [9.17, 15) is 0 Å². The number of nitrogens with zero attached hydrogens (tertiary/aromatic N) is 1. The van der Waals surface area contributed by atoms with Crippen LogP contribution >= 0.6 is 0 Å². The third kappa shape index (κ3) is 1.57. The van der Waals surface area contributed by atoms with Gasteiger partial charge in [0.2, 0.25) is 0 Å². The minimum Gasteiger partial charge on any atom is -0.495 e. The standard InChI is InChI=1S/C10H11NO/c1-4-8-6-9(12-3)7-11-10(8)5-2/h1,6-7H,5H2,2-3H3. The van der Waals surface area contributed by atoms with Crippen LogP contribution in [0.15, 0.2) is 12.3 Å². The van der Waals surface area contributed by atoms with Crippen molar-refractivity contribution in [2.75, 3.05) is 7.11 Å². The molecule has 0 atom stereocenters. The van der Waals surface area contributed by atoms with E-state index in [0.29, 0.717) is 5.75 Å². The van der Waals surface area contributed by atoms with Crippen molar-refractivity contribution in [3.8, 4) is 18.1 Å². The number of pyridine rings is 1. The Morgan fingerprint density at radius 2 is 2.42 bits per heavy atom. The fraction of sp³-hybridized carbons (Fsp3) is 0.300. The average molecular weight is 161 g/mol. The average Bonchev–Trinajstić information content (AvgIpc) is 2.16. The highest BCUT2D eigenvalue weighted by atomic mass is 16.5.